The molecule has 0 atom stereocenters. The van der Waals surface area contributed by atoms with Crippen LogP contribution in [0.5, 0.6) is 0 Å². The van der Waals surface area contributed by atoms with Gasteiger partial charge in [-0.3, -0.25) is 9.58 Å². The molecule has 3 saturated heterocycles. The fourth-order valence-corrected chi connectivity index (χ4v) is 6.00. The number of likely N-dealkylation sites (N-methyl/N-ethyl adjacent to an activating group) is 1. The zero-order valence-corrected chi connectivity index (χ0v) is 21.2. The summed E-state index contributed by atoms with van der Waals surface area (Å²) in [5, 5.41) is 11.8. The highest BCUT2D eigenvalue weighted by molar-refractivity contribution is 6.02. The number of rotatable bonds is 6. The average Bonchev–Trinajstić information content (AvgIpc) is 3.20. The maximum atomic E-state index is 12.5. The van der Waals surface area contributed by atoms with E-state index in [0.717, 1.165) is 48.5 Å². The topological polar surface area (TPSA) is 68.7 Å². The second kappa shape index (κ2) is 10.0. The van der Waals surface area contributed by atoms with Crippen molar-refractivity contribution in [1.82, 2.24) is 30.2 Å². The molecule has 1 aromatic heterocycles. The molecule has 0 aliphatic carbocycles. The highest BCUT2D eigenvalue weighted by Crippen LogP contribution is 2.35. The van der Waals surface area contributed by atoms with Gasteiger partial charge in [-0.2, -0.15) is 5.10 Å². The van der Waals surface area contributed by atoms with Gasteiger partial charge in [0, 0.05) is 62.5 Å². The second-order valence-electron chi connectivity index (χ2n) is 10.3. The number of nitrogens with one attached hydrogen (secondary N) is 2. The van der Waals surface area contributed by atoms with Gasteiger partial charge >= 0.3 is 6.03 Å². The van der Waals surface area contributed by atoms with Crippen LogP contribution >= 0.6 is 0 Å². The third-order valence-electron chi connectivity index (χ3n) is 8.09. The lowest BCUT2D eigenvalue weighted by molar-refractivity contribution is 0.0982. The third-order valence-corrected chi connectivity index (χ3v) is 8.09. The van der Waals surface area contributed by atoms with Gasteiger partial charge < -0.3 is 20.4 Å². The first-order chi connectivity index (χ1) is 16.9. The second-order valence-corrected chi connectivity index (χ2v) is 10.3. The molecule has 188 valence electrons. The Morgan fingerprint density at radius 2 is 1.89 bits per heavy atom. The van der Waals surface area contributed by atoms with Gasteiger partial charge in [0.05, 0.1) is 5.52 Å². The van der Waals surface area contributed by atoms with Crippen molar-refractivity contribution in [3.05, 3.63) is 48.3 Å². The lowest BCUT2D eigenvalue weighted by atomic mass is 9.87. The number of hydrogen-bond donors (Lipinski definition) is 2. The van der Waals surface area contributed by atoms with Crippen LogP contribution in [0.1, 0.15) is 43.6 Å². The summed E-state index contributed by atoms with van der Waals surface area (Å²) in [6.45, 7) is 14.2. The fraction of sp³-hybridized carbons (Fsp3) is 0.556. The minimum atomic E-state index is -0.144. The molecule has 1 aromatic carbocycles. The lowest BCUT2D eigenvalue weighted by Gasteiger charge is -2.43. The smallest absolute Gasteiger partial charge is 0.327 e. The van der Waals surface area contributed by atoms with E-state index in [1.165, 1.54) is 50.0 Å². The van der Waals surface area contributed by atoms with Gasteiger partial charge in [0.1, 0.15) is 0 Å². The van der Waals surface area contributed by atoms with Gasteiger partial charge in [-0.15, -0.1) is 0 Å². The molecule has 0 bridgehead atoms. The molecule has 5 rings (SSSR count). The van der Waals surface area contributed by atoms with Crippen molar-refractivity contribution in [1.29, 1.82) is 0 Å². The standard InChI is InChI=1S/C27H39N7O/c1-19-7-16-34(27(35)29-19)26-24-6-5-22(17-25(24)31(4)30-26)21-8-12-33(13-9-21)23-10-14-32(15-11-23)20(2)18-28-3/h5-6,17,21,23,28H,1-2,7-16,18H2,3-4H3,(H,29,35). The van der Waals surface area contributed by atoms with E-state index < -0.39 is 0 Å². The minimum Gasteiger partial charge on any atom is -0.374 e. The summed E-state index contributed by atoms with van der Waals surface area (Å²) in [5.41, 5.74) is 4.46. The number of nitrogens with zero attached hydrogens (tertiary/aromatic N) is 5. The molecule has 0 radical (unpaired) electrons. The Balaban J connectivity index is 1.21. The first-order valence-corrected chi connectivity index (χ1v) is 13.0. The van der Waals surface area contributed by atoms with Crippen LogP contribution in [0.4, 0.5) is 10.6 Å². The van der Waals surface area contributed by atoms with Gasteiger partial charge in [0.2, 0.25) is 0 Å². The molecule has 0 spiro atoms. The summed E-state index contributed by atoms with van der Waals surface area (Å²) in [6, 6.07) is 7.25. The number of fused-ring (bicyclic) bond motifs is 1. The number of anilines is 1. The van der Waals surface area contributed by atoms with Crippen molar-refractivity contribution in [2.24, 2.45) is 7.05 Å². The molecule has 8 nitrogen and oxygen atoms in total. The predicted octanol–water partition coefficient (Wildman–Crippen LogP) is 3.38. The Morgan fingerprint density at radius 1 is 1.14 bits per heavy atom. The normalized spacial score (nSPS) is 21.1. The van der Waals surface area contributed by atoms with E-state index in [-0.39, 0.29) is 6.03 Å². The summed E-state index contributed by atoms with van der Waals surface area (Å²) in [6.07, 6.45) is 5.59. The summed E-state index contributed by atoms with van der Waals surface area (Å²) in [7, 11) is 3.95. The summed E-state index contributed by atoms with van der Waals surface area (Å²) in [4.78, 5) is 19.4. The van der Waals surface area contributed by atoms with E-state index in [4.69, 9.17) is 5.10 Å². The number of likely N-dealkylation sites (tertiary alicyclic amines) is 2. The largest absolute Gasteiger partial charge is 0.374 e. The molecule has 4 heterocycles. The molecule has 3 aliphatic rings. The van der Waals surface area contributed by atoms with Gasteiger partial charge in [-0.05, 0) is 69.4 Å². The predicted molar refractivity (Wildman–Crippen MR) is 142 cm³/mol. The SMILES string of the molecule is C=C1CCN(c2nn(C)c3cc(C4CCN(C5CCN(C(=C)CNC)CC5)CC4)ccc23)C(=O)N1. The quantitative estimate of drug-likeness (QED) is 0.668. The average molecular weight is 478 g/mol. The van der Waals surface area contributed by atoms with Gasteiger partial charge in [0.15, 0.2) is 5.82 Å². The van der Waals surface area contributed by atoms with Crippen molar-refractivity contribution < 1.29 is 4.79 Å². The molecular weight excluding hydrogens is 438 g/mol. The maximum absolute atomic E-state index is 12.5. The van der Waals surface area contributed by atoms with Gasteiger partial charge in [0.25, 0.3) is 0 Å². The number of carbonyl (C=O) groups excluding carboxylic acids is 1. The molecule has 3 fully saturated rings. The van der Waals surface area contributed by atoms with E-state index in [9.17, 15) is 4.79 Å². The highest BCUT2D eigenvalue weighted by atomic mass is 16.2. The maximum Gasteiger partial charge on any atom is 0.327 e. The molecule has 2 amide bonds. The van der Waals surface area contributed by atoms with Gasteiger partial charge in [-0.1, -0.05) is 19.2 Å². The number of aryl methyl sites for hydroxylation is 1. The van der Waals surface area contributed by atoms with Crippen LogP contribution in [0.15, 0.2) is 42.8 Å². The van der Waals surface area contributed by atoms with Crippen LogP contribution in [-0.2, 0) is 7.05 Å². The van der Waals surface area contributed by atoms with Crippen molar-refractivity contribution in [2.45, 2.75) is 44.1 Å². The number of aromatic nitrogens is 2. The van der Waals surface area contributed by atoms with E-state index in [2.05, 4.69) is 51.8 Å². The Bertz CT molecular complexity index is 1110. The van der Waals surface area contributed by atoms with Crippen LogP contribution < -0.4 is 15.5 Å². The first-order valence-electron chi connectivity index (χ1n) is 13.0. The van der Waals surface area contributed by atoms with E-state index in [1.54, 1.807) is 4.90 Å². The summed E-state index contributed by atoms with van der Waals surface area (Å²) in [5.74, 6) is 1.31. The van der Waals surface area contributed by atoms with Gasteiger partial charge in [-0.25, -0.2) is 4.79 Å². The van der Waals surface area contributed by atoms with Crippen LogP contribution in [0.2, 0.25) is 0 Å². The zero-order chi connectivity index (χ0) is 24.5. The molecular formula is C27H39N7O. The Hall–Kier alpha value is -2.84. The number of carbonyl (C=O) groups is 1. The number of amides is 2. The Kier molecular flexibility index (Phi) is 6.84. The van der Waals surface area contributed by atoms with Crippen LogP contribution in [0, 0.1) is 0 Å². The monoisotopic (exact) mass is 477 g/mol. The highest BCUT2D eigenvalue weighted by Gasteiger charge is 2.30. The van der Waals surface area contributed by atoms with E-state index in [0.29, 0.717) is 18.5 Å². The molecule has 2 aromatic rings. The molecule has 2 N–H and O–H groups in total. The van der Waals surface area contributed by atoms with Crippen molar-refractivity contribution in [3.8, 4) is 0 Å². The van der Waals surface area contributed by atoms with Crippen molar-refractivity contribution in [3.63, 3.8) is 0 Å². The number of hydrogen-bond acceptors (Lipinski definition) is 5. The number of piperidine rings is 2. The fourth-order valence-electron chi connectivity index (χ4n) is 6.00. The summed E-state index contributed by atoms with van der Waals surface area (Å²) < 4.78 is 1.91. The van der Waals surface area contributed by atoms with Crippen LogP contribution in [-0.4, -0.2) is 78.0 Å². The molecule has 0 saturated carbocycles. The number of urea groups is 1. The van der Waals surface area contributed by atoms with Crippen LogP contribution in [0.25, 0.3) is 10.9 Å². The molecule has 8 heteroatoms. The zero-order valence-electron chi connectivity index (χ0n) is 21.2. The van der Waals surface area contributed by atoms with Crippen molar-refractivity contribution in [2.75, 3.05) is 51.2 Å². The molecule has 35 heavy (non-hydrogen) atoms. The first kappa shape index (κ1) is 23.9. The Morgan fingerprint density at radius 3 is 2.57 bits per heavy atom. The molecule has 0 unspecified atom stereocenters. The lowest BCUT2D eigenvalue weighted by Crippen LogP contribution is -2.47. The van der Waals surface area contributed by atoms with E-state index >= 15 is 0 Å². The van der Waals surface area contributed by atoms with E-state index in [1.807, 2.05) is 18.8 Å². The minimum absolute atomic E-state index is 0.144. The molecule has 3 aliphatic heterocycles. The van der Waals surface area contributed by atoms with Crippen molar-refractivity contribution >= 4 is 22.8 Å². The van der Waals surface area contributed by atoms with Crippen LogP contribution in [0.3, 0.4) is 0 Å². The number of benzene rings is 1. The third kappa shape index (κ3) is 4.82. The summed E-state index contributed by atoms with van der Waals surface area (Å²) >= 11 is 0. The Labute approximate surface area is 208 Å².